The fourth-order valence-corrected chi connectivity index (χ4v) is 9.41. The van der Waals surface area contributed by atoms with Gasteiger partial charge in [0, 0.05) is 72.5 Å². The Balaban J connectivity index is 0.000000260. The molecule has 0 aliphatic heterocycles. The number of thiophene rings is 3. The first-order valence-electron chi connectivity index (χ1n) is 17.1. The molecule has 0 saturated heterocycles. The van der Waals surface area contributed by atoms with Crippen molar-refractivity contribution in [1.29, 1.82) is 0 Å². The van der Waals surface area contributed by atoms with Gasteiger partial charge in [-0.15, -0.1) is 46.3 Å². The fraction of sp³-hybridized carbons (Fsp3) is 0.439. The van der Waals surface area contributed by atoms with Gasteiger partial charge in [-0.05, 0) is 72.7 Å². The number of hydrogen-bond acceptors (Lipinski definition) is 7. The van der Waals surface area contributed by atoms with Crippen LogP contribution in [-0.4, -0.2) is 20.9 Å². The van der Waals surface area contributed by atoms with Crippen LogP contribution in [0, 0.1) is 30.7 Å². The number of rotatable bonds is 8. The summed E-state index contributed by atoms with van der Waals surface area (Å²) in [4.78, 5) is 23.1. The quantitative estimate of drug-likeness (QED) is 0.0939. The molecular formula is C41H49IrN2O2S3-. The van der Waals surface area contributed by atoms with Gasteiger partial charge in [-0.3, -0.25) is 9.78 Å². The first-order valence-corrected chi connectivity index (χ1v) is 19.6. The van der Waals surface area contributed by atoms with Gasteiger partial charge in [0.05, 0.1) is 5.52 Å². The summed E-state index contributed by atoms with van der Waals surface area (Å²) in [5.74, 6) is 0.286. The van der Waals surface area contributed by atoms with Crippen molar-refractivity contribution in [3.8, 4) is 11.3 Å². The van der Waals surface area contributed by atoms with Crippen LogP contribution in [0.4, 0.5) is 0 Å². The van der Waals surface area contributed by atoms with Crippen LogP contribution in [0.15, 0.2) is 47.8 Å². The van der Waals surface area contributed by atoms with Crippen molar-refractivity contribution < 1.29 is 30.0 Å². The zero-order valence-corrected chi connectivity index (χ0v) is 35.5. The first kappa shape index (κ1) is 39.3. The Labute approximate surface area is 317 Å². The maximum Gasteiger partial charge on any atom is 0.164 e. The summed E-state index contributed by atoms with van der Waals surface area (Å²) in [6.07, 6.45) is 6.48. The maximum atomic E-state index is 12.2. The second kappa shape index (κ2) is 15.0. The van der Waals surface area contributed by atoms with Crippen molar-refractivity contribution in [3.63, 3.8) is 0 Å². The molecule has 0 spiro atoms. The number of allylic oxidation sites excluding steroid dienone is 2. The number of aromatic nitrogens is 2. The number of ketones is 1. The molecule has 2 aromatic carbocycles. The van der Waals surface area contributed by atoms with E-state index in [2.05, 4.69) is 70.3 Å². The summed E-state index contributed by atoms with van der Waals surface area (Å²) >= 11 is 5.47. The van der Waals surface area contributed by atoms with E-state index in [0.717, 1.165) is 47.2 Å². The molecule has 4 nitrogen and oxygen atoms in total. The number of benzene rings is 2. The molecule has 1 N–H and O–H groups in total. The van der Waals surface area contributed by atoms with E-state index in [1.165, 1.54) is 52.3 Å². The van der Waals surface area contributed by atoms with Crippen LogP contribution in [0.25, 0.3) is 51.7 Å². The van der Waals surface area contributed by atoms with Gasteiger partial charge in [-0.2, -0.15) is 11.3 Å². The summed E-state index contributed by atoms with van der Waals surface area (Å²) in [6.45, 7) is 23.3. The Morgan fingerprint density at radius 2 is 1.47 bits per heavy atom. The number of carbonyl (C=O) groups excluding carboxylic acids is 1. The van der Waals surface area contributed by atoms with E-state index in [1.807, 2.05) is 52.9 Å². The van der Waals surface area contributed by atoms with Crippen LogP contribution >= 0.6 is 34.0 Å². The zero-order valence-electron chi connectivity index (χ0n) is 30.7. The van der Waals surface area contributed by atoms with E-state index < -0.39 is 0 Å². The Hall–Kier alpha value is -2.48. The van der Waals surface area contributed by atoms with Crippen molar-refractivity contribution in [3.05, 3.63) is 69.9 Å². The van der Waals surface area contributed by atoms with Crippen LogP contribution < -0.4 is 0 Å². The van der Waals surface area contributed by atoms with Crippen molar-refractivity contribution in [2.24, 2.45) is 10.8 Å². The van der Waals surface area contributed by atoms with E-state index >= 15 is 0 Å². The molecule has 6 rings (SSSR count). The number of aryl methyl sites for hydroxylation is 2. The molecule has 4 aromatic heterocycles. The molecule has 263 valence electrons. The molecule has 49 heavy (non-hydrogen) atoms. The number of aliphatic hydroxyl groups is 1. The molecular weight excluding hydrogens is 841 g/mol. The Morgan fingerprint density at radius 1 is 0.857 bits per heavy atom. The Bertz CT molecular complexity index is 2150. The molecule has 4 heterocycles. The van der Waals surface area contributed by atoms with Crippen LogP contribution in [0.3, 0.4) is 0 Å². The standard InChI is InChI=1S/C26H21N2S3.C15H28O2.Ir/c1-13-14(2)30-18-6-7-19-21(20(13)18)23-25(31-19)22(27-12-28-23)16-10-15-8-9-29-24(15)17(11-16)26(3,4)5;1-7-14(5,8-2)12(16)11-13(17)15(6,9-3)10-4;/h6-9,11-12H,1-5H3;11,16H,7-10H2,1-6H3;/q-1;;/b;12-11-;. The van der Waals surface area contributed by atoms with Gasteiger partial charge < -0.3 is 5.11 Å². The predicted octanol–water partition coefficient (Wildman–Crippen LogP) is 13.3. The smallest absolute Gasteiger partial charge is 0.164 e. The minimum Gasteiger partial charge on any atom is -0.512 e. The van der Waals surface area contributed by atoms with Gasteiger partial charge in [0.25, 0.3) is 0 Å². The monoisotopic (exact) mass is 890 g/mol. The SMILES string of the molecule is CCC(C)(CC)C(=O)/C=C(\O)C(C)(CC)CC.Cc1sc2ccc3sc4c(-c5[c-]c6ccsc6c(C(C)(C)C)c5)ncnc4c3c2c1C.[Ir]. The van der Waals surface area contributed by atoms with E-state index in [4.69, 9.17) is 9.97 Å². The van der Waals surface area contributed by atoms with Crippen molar-refractivity contribution in [2.75, 3.05) is 0 Å². The first-order chi connectivity index (χ1) is 22.6. The van der Waals surface area contributed by atoms with Crippen LogP contribution in [0.1, 0.15) is 104 Å². The number of aliphatic hydroxyl groups excluding tert-OH is 1. The molecule has 0 bridgehead atoms. The Morgan fingerprint density at radius 3 is 2.06 bits per heavy atom. The molecule has 8 heteroatoms. The van der Waals surface area contributed by atoms with Crippen LogP contribution in [-0.2, 0) is 30.3 Å². The normalized spacial score (nSPS) is 12.8. The van der Waals surface area contributed by atoms with E-state index in [0.29, 0.717) is 0 Å². The number of nitrogens with zero attached hydrogens (tertiary/aromatic N) is 2. The van der Waals surface area contributed by atoms with Gasteiger partial charge in [0.1, 0.15) is 12.1 Å². The summed E-state index contributed by atoms with van der Waals surface area (Å²) in [5.41, 5.74) is 5.28. The molecule has 1 radical (unpaired) electrons. The van der Waals surface area contributed by atoms with Gasteiger partial charge in [-0.1, -0.05) is 73.4 Å². The number of carbonyl (C=O) groups is 1. The van der Waals surface area contributed by atoms with Crippen molar-refractivity contribution >= 4 is 80.3 Å². The second-order valence-electron chi connectivity index (χ2n) is 14.5. The van der Waals surface area contributed by atoms with Gasteiger partial charge in [0.2, 0.25) is 0 Å². The average molecular weight is 890 g/mol. The topological polar surface area (TPSA) is 63.1 Å². The minimum absolute atomic E-state index is 0. The third-order valence-electron chi connectivity index (χ3n) is 10.7. The van der Waals surface area contributed by atoms with Crippen molar-refractivity contribution in [1.82, 2.24) is 9.97 Å². The Kier molecular flexibility index (Phi) is 12.0. The molecule has 0 unspecified atom stereocenters. The molecule has 0 atom stereocenters. The van der Waals surface area contributed by atoms with Crippen LogP contribution in [0.2, 0.25) is 0 Å². The molecule has 0 saturated carbocycles. The number of fused-ring (bicyclic) bond motifs is 6. The molecule has 0 aliphatic rings. The van der Waals surface area contributed by atoms with Gasteiger partial charge >= 0.3 is 0 Å². The molecule has 0 amide bonds. The minimum atomic E-state index is -0.337. The van der Waals surface area contributed by atoms with E-state index in [1.54, 1.807) is 29.0 Å². The second-order valence-corrected chi connectivity index (χ2v) is 17.8. The van der Waals surface area contributed by atoms with E-state index in [-0.39, 0.29) is 47.9 Å². The van der Waals surface area contributed by atoms with Crippen molar-refractivity contribution in [2.45, 2.75) is 107 Å². The summed E-state index contributed by atoms with van der Waals surface area (Å²) in [7, 11) is 0. The summed E-state index contributed by atoms with van der Waals surface area (Å²) < 4.78 is 5.09. The third-order valence-corrected chi connectivity index (χ3v) is 14.0. The summed E-state index contributed by atoms with van der Waals surface area (Å²) in [6, 6.07) is 12.6. The maximum absolute atomic E-state index is 12.2. The molecule has 6 aromatic rings. The summed E-state index contributed by atoms with van der Waals surface area (Å²) in [5, 5.41) is 16.1. The predicted molar refractivity (Wildman–Crippen MR) is 211 cm³/mol. The fourth-order valence-electron chi connectivity index (χ4n) is 6.09. The zero-order chi connectivity index (χ0) is 35.2. The number of hydrogen-bond donors (Lipinski definition) is 1. The third kappa shape index (κ3) is 7.32. The molecule has 0 fully saturated rings. The van der Waals surface area contributed by atoms with Crippen LogP contribution in [0.5, 0.6) is 0 Å². The van der Waals surface area contributed by atoms with E-state index in [9.17, 15) is 9.90 Å². The van der Waals surface area contributed by atoms with Gasteiger partial charge in [-0.25, -0.2) is 4.98 Å². The van der Waals surface area contributed by atoms with Gasteiger partial charge in [0.15, 0.2) is 5.78 Å². The largest absolute Gasteiger partial charge is 0.512 e. The average Bonchev–Trinajstić information content (AvgIpc) is 3.78. The molecule has 0 aliphatic carbocycles.